The van der Waals surface area contributed by atoms with E-state index in [0.29, 0.717) is 0 Å². The van der Waals surface area contributed by atoms with Gasteiger partial charge in [0.2, 0.25) is 0 Å². The van der Waals surface area contributed by atoms with Crippen molar-refractivity contribution >= 4 is 8.60 Å². The third-order valence-corrected chi connectivity index (χ3v) is 2.36. The summed E-state index contributed by atoms with van der Waals surface area (Å²) in [6.45, 7) is -0.642. The first kappa shape index (κ1) is 8.89. The largest absolute Gasteiger partial charge is 0.334 e. The van der Waals surface area contributed by atoms with E-state index >= 15 is 0 Å². The second kappa shape index (κ2) is 3.99. The molecule has 0 N–H and O–H groups in total. The molecule has 0 aromatic rings. The fourth-order valence-electron chi connectivity index (χ4n) is 0.684. The molecule has 1 aliphatic heterocycles. The average molecular weight is 178 g/mol. The Morgan fingerprint density at radius 2 is 2.45 bits per heavy atom. The van der Waals surface area contributed by atoms with Crippen LogP contribution in [0.3, 0.4) is 0 Å². The van der Waals surface area contributed by atoms with Gasteiger partial charge in [0.25, 0.3) is 0 Å². The Morgan fingerprint density at radius 3 is 2.82 bits per heavy atom. The van der Waals surface area contributed by atoms with Gasteiger partial charge in [-0.3, -0.25) is 4.52 Å². The number of halogens is 1. The summed E-state index contributed by atoms with van der Waals surface area (Å²) in [6, 6.07) is 0. The fraction of sp³-hybridized carbons (Fsp3) is 0.667. The molecule has 0 spiro atoms. The zero-order valence-electron chi connectivity index (χ0n) is 5.99. The lowest BCUT2D eigenvalue weighted by atomic mass is 10.2. The van der Waals surface area contributed by atoms with Crippen molar-refractivity contribution in [2.75, 3.05) is 13.8 Å². The summed E-state index contributed by atoms with van der Waals surface area (Å²) < 4.78 is 26.8. The van der Waals surface area contributed by atoms with Crippen molar-refractivity contribution in [1.29, 1.82) is 0 Å². The molecule has 62 valence electrons. The minimum Gasteiger partial charge on any atom is -0.316 e. The maximum absolute atomic E-state index is 12.1. The molecule has 5 heteroatoms. The summed E-state index contributed by atoms with van der Waals surface area (Å²) in [7, 11) is 0.0148. The molecular weight excluding hydrogens is 170 g/mol. The number of alkyl halides is 1. The quantitative estimate of drug-likeness (QED) is 0.470. The second-order valence-electron chi connectivity index (χ2n) is 1.90. The van der Waals surface area contributed by atoms with Crippen LogP contribution in [0.5, 0.6) is 0 Å². The Kier molecular flexibility index (Phi) is 3.22. The normalized spacial score (nSPS) is 37.0. The summed E-state index contributed by atoms with van der Waals surface area (Å²) in [6.07, 6.45) is 3.78. The summed E-state index contributed by atoms with van der Waals surface area (Å²) in [5, 5.41) is 0. The molecule has 0 radical (unpaired) electrons. The van der Waals surface area contributed by atoms with Crippen LogP contribution >= 0.6 is 8.60 Å². The lowest BCUT2D eigenvalue weighted by molar-refractivity contribution is 0.160. The first-order valence-corrected chi connectivity index (χ1v) is 4.11. The highest BCUT2D eigenvalue weighted by Gasteiger charge is 2.36. The molecule has 0 amide bonds. The molecule has 1 fully saturated rings. The summed E-state index contributed by atoms with van der Waals surface area (Å²) >= 11 is 0. The predicted octanol–water partition coefficient (Wildman–Crippen LogP) is 1.25. The number of terminal acetylenes is 1. The van der Waals surface area contributed by atoms with Gasteiger partial charge < -0.3 is 9.05 Å². The predicted molar refractivity (Wildman–Crippen MR) is 38.5 cm³/mol. The molecule has 3 nitrogen and oxygen atoms in total. The molecule has 1 aliphatic rings. The highest BCUT2D eigenvalue weighted by atomic mass is 31.2. The molecule has 11 heavy (non-hydrogen) atoms. The van der Waals surface area contributed by atoms with Gasteiger partial charge in [-0.2, -0.15) is 0 Å². The third-order valence-electron chi connectivity index (χ3n) is 1.22. The number of hydrogen-bond donors (Lipinski definition) is 0. The van der Waals surface area contributed by atoms with Crippen LogP contribution in [0.4, 0.5) is 4.39 Å². The maximum Gasteiger partial charge on any atom is 0.334 e. The molecule has 0 saturated carbocycles. The van der Waals surface area contributed by atoms with E-state index < -0.39 is 27.5 Å². The van der Waals surface area contributed by atoms with Gasteiger partial charge in [0.1, 0.15) is 12.8 Å². The van der Waals surface area contributed by atoms with Crippen LogP contribution in [0.2, 0.25) is 0 Å². The molecule has 3 atom stereocenters. The highest BCUT2D eigenvalue weighted by Crippen LogP contribution is 2.48. The van der Waals surface area contributed by atoms with Crippen molar-refractivity contribution in [3.05, 3.63) is 0 Å². The minimum absolute atomic E-state index is 0.605. The highest BCUT2D eigenvalue weighted by molar-refractivity contribution is 7.42. The van der Waals surface area contributed by atoms with Gasteiger partial charge in [0.15, 0.2) is 6.10 Å². The van der Waals surface area contributed by atoms with E-state index in [1.165, 1.54) is 7.11 Å². The van der Waals surface area contributed by atoms with Crippen molar-refractivity contribution in [2.24, 2.45) is 0 Å². The van der Waals surface area contributed by atoms with Crippen LogP contribution in [-0.2, 0) is 13.6 Å². The van der Waals surface area contributed by atoms with E-state index in [1.807, 2.05) is 0 Å². The number of hydrogen-bond acceptors (Lipinski definition) is 3. The van der Waals surface area contributed by atoms with Gasteiger partial charge in [-0.15, -0.1) is 6.42 Å². The SMILES string of the molecule is C#CC1OP(OC)OC1CF. The Bertz CT molecular complexity index is 170. The van der Waals surface area contributed by atoms with E-state index in [-0.39, 0.29) is 0 Å². The summed E-state index contributed by atoms with van der Waals surface area (Å²) in [4.78, 5) is 0. The van der Waals surface area contributed by atoms with Crippen molar-refractivity contribution < 1.29 is 18.0 Å². The smallest absolute Gasteiger partial charge is 0.316 e. The van der Waals surface area contributed by atoms with Gasteiger partial charge in [0, 0.05) is 7.11 Å². The topological polar surface area (TPSA) is 27.7 Å². The van der Waals surface area contributed by atoms with Crippen LogP contribution in [-0.4, -0.2) is 26.0 Å². The van der Waals surface area contributed by atoms with E-state index in [4.69, 9.17) is 20.0 Å². The summed E-state index contributed by atoms with van der Waals surface area (Å²) in [5.41, 5.74) is 0. The molecule has 3 unspecified atom stereocenters. The Hall–Kier alpha value is -0.200. The van der Waals surface area contributed by atoms with Crippen molar-refractivity contribution in [3.8, 4) is 12.3 Å². The Labute approximate surface area is 65.8 Å². The Morgan fingerprint density at radius 1 is 1.73 bits per heavy atom. The van der Waals surface area contributed by atoms with Crippen LogP contribution in [0.25, 0.3) is 0 Å². The van der Waals surface area contributed by atoms with Gasteiger partial charge in [-0.25, -0.2) is 4.39 Å². The maximum atomic E-state index is 12.1. The standard InChI is InChI=1S/C6H8FO3P/c1-3-5-6(4-7)10-11(8-2)9-5/h1,5-6H,4H2,2H3. The lowest BCUT2D eigenvalue weighted by Gasteiger charge is -2.03. The number of rotatable bonds is 2. The monoisotopic (exact) mass is 178 g/mol. The molecular formula is C6H8FO3P. The van der Waals surface area contributed by atoms with Crippen molar-refractivity contribution in [1.82, 2.24) is 0 Å². The summed E-state index contributed by atoms with van der Waals surface area (Å²) in [5.74, 6) is 2.28. The zero-order valence-corrected chi connectivity index (χ0v) is 6.88. The molecule has 0 bridgehead atoms. The van der Waals surface area contributed by atoms with Crippen LogP contribution in [0.15, 0.2) is 0 Å². The van der Waals surface area contributed by atoms with E-state index in [2.05, 4.69) is 5.92 Å². The van der Waals surface area contributed by atoms with Crippen molar-refractivity contribution in [2.45, 2.75) is 12.2 Å². The third kappa shape index (κ3) is 1.88. The average Bonchev–Trinajstić information content (AvgIpc) is 2.46. The van der Waals surface area contributed by atoms with Crippen molar-refractivity contribution in [3.63, 3.8) is 0 Å². The first-order chi connectivity index (χ1) is 5.31. The minimum atomic E-state index is -1.42. The van der Waals surface area contributed by atoms with Crippen LogP contribution in [0.1, 0.15) is 0 Å². The fourth-order valence-corrected chi connectivity index (χ4v) is 1.68. The Balaban J connectivity index is 2.49. The second-order valence-corrected chi connectivity index (χ2v) is 3.13. The first-order valence-electron chi connectivity index (χ1n) is 3.01. The van der Waals surface area contributed by atoms with Gasteiger partial charge in [0.05, 0.1) is 0 Å². The molecule has 1 saturated heterocycles. The molecule has 0 aliphatic carbocycles. The van der Waals surface area contributed by atoms with E-state index in [9.17, 15) is 4.39 Å². The molecule has 1 rings (SSSR count). The van der Waals surface area contributed by atoms with E-state index in [0.717, 1.165) is 0 Å². The molecule has 0 aromatic heterocycles. The van der Waals surface area contributed by atoms with E-state index in [1.54, 1.807) is 0 Å². The molecule has 0 aromatic carbocycles. The van der Waals surface area contributed by atoms with Gasteiger partial charge in [-0.05, 0) is 0 Å². The van der Waals surface area contributed by atoms with Gasteiger partial charge >= 0.3 is 8.60 Å². The van der Waals surface area contributed by atoms with Crippen LogP contribution < -0.4 is 0 Å². The lowest BCUT2D eigenvalue weighted by Crippen LogP contribution is -2.22. The van der Waals surface area contributed by atoms with Gasteiger partial charge in [-0.1, -0.05) is 5.92 Å². The zero-order chi connectivity index (χ0) is 8.27. The molecule has 1 heterocycles. The van der Waals surface area contributed by atoms with Crippen LogP contribution in [0, 0.1) is 12.3 Å².